The van der Waals surface area contributed by atoms with Gasteiger partial charge in [0.05, 0.1) is 0 Å². The Morgan fingerprint density at radius 1 is 1.11 bits per heavy atom. The zero-order valence-electron chi connectivity index (χ0n) is 10.7. The van der Waals surface area contributed by atoms with Crippen molar-refractivity contribution in [2.24, 2.45) is 0 Å². The molecule has 4 nitrogen and oxygen atoms in total. The first kappa shape index (κ1) is 22.5. The smallest absolute Gasteiger partial charge is 0.136 e. The summed E-state index contributed by atoms with van der Waals surface area (Å²) in [7, 11) is 0. The van der Waals surface area contributed by atoms with Gasteiger partial charge in [-0.1, -0.05) is 36.8 Å². The van der Waals surface area contributed by atoms with E-state index in [9.17, 15) is 9.59 Å². The van der Waals surface area contributed by atoms with Crippen LogP contribution in [-0.2, 0) is 31.0 Å². The van der Waals surface area contributed by atoms with Crippen LogP contribution in [0.2, 0.25) is 0 Å². The van der Waals surface area contributed by atoms with Gasteiger partial charge in [0.2, 0.25) is 0 Å². The minimum atomic E-state index is -0.180. The van der Waals surface area contributed by atoms with Gasteiger partial charge in [-0.25, -0.2) is 0 Å². The molecule has 0 fully saturated rings. The number of hydrogen-bond acceptors (Lipinski definition) is 4. The van der Waals surface area contributed by atoms with Gasteiger partial charge in [-0.05, 0) is 13.8 Å². The van der Waals surface area contributed by atoms with Crippen molar-refractivity contribution in [3.05, 3.63) is 35.9 Å². The average molecular weight is 331 g/mol. The summed E-state index contributed by atoms with van der Waals surface area (Å²) in [5, 5.41) is 15.1. The van der Waals surface area contributed by atoms with E-state index in [-0.39, 0.29) is 51.6 Å². The normalized spacial score (nSPS) is 7.56. The van der Waals surface area contributed by atoms with E-state index in [2.05, 4.69) is 0 Å². The Morgan fingerprint density at radius 3 is 1.83 bits per heavy atom. The van der Waals surface area contributed by atoms with E-state index in [4.69, 9.17) is 10.2 Å². The van der Waals surface area contributed by atoms with Crippen LogP contribution in [0.1, 0.15) is 30.6 Å². The molecule has 0 aromatic heterocycles. The molecule has 18 heavy (non-hydrogen) atoms. The van der Waals surface area contributed by atoms with E-state index in [0.717, 1.165) is 0 Å². The maximum absolute atomic E-state index is 11.0. The number of carbonyl (C=O) groups is 1. The summed E-state index contributed by atoms with van der Waals surface area (Å²) in [6, 6.07) is 8.71. The maximum Gasteiger partial charge on any atom is 0.136 e. The molecule has 1 aromatic carbocycles. The number of Topliss-reactive ketones (excluding diaryl/α,β-unsaturated/α-hetero) is 1. The van der Waals surface area contributed by atoms with E-state index in [0.29, 0.717) is 5.56 Å². The molecule has 0 radical (unpaired) electrons. The third-order valence-electron chi connectivity index (χ3n) is 1.33. The summed E-state index contributed by atoms with van der Waals surface area (Å²) < 4.78 is 0. The fourth-order valence-electron chi connectivity index (χ4n) is 0.792. The third kappa shape index (κ3) is 15.4. The number of ketones is 1. The van der Waals surface area contributed by atoms with E-state index in [1.54, 1.807) is 44.4 Å². The van der Waals surface area contributed by atoms with Gasteiger partial charge in [-0.3, -0.25) is 11.1 Å². The average Bonchev–Trinajstić information content (AvgIpc) is 2.32. The fourth-order valence-corrected chi connectivity index (χ4v) is 0.792. The molecule has 2 N–H and O–H groups in total. The minimum Gasteiger partial charge on any atom is -0.541 e. The van der Waals surface area contributed by atoms with Crippen molar-refractivity contribution in [2.75, 3.05) is 13.2 Å². The van der Waals surface area contributed by atoms with Crippen molar-refractivity contribution in [2.45, 2.75) is 20.3 Å². The van der Waals surface area contributed by atoms with Crippen molar-refractivity contribution in [3.8, 4) is 0 Å². The largest absolute Gasteiger partial charge is 0.541 e. The van der Waals surface area contributed by atoms with Crippen LogP contribution < -0.4 is 0 Å². The predicted octanol–water partition coefficient (Wildman–Crippen LogP) is 1.36. The Kier molecular flexibility index (Phi) is 23.4. The number of carbonyl (C=O) groups excluding carboxylic acids is 2. The van der Waals surface area contributed by atoms with Crippen LogP contribution in [-0.4, -0.2) is 35.5 Å². The molecular formula is C13H19O4Zr-. The number of benzene rings is 1. The maximum atomic E-state index is 11.0. The molecule has 1 aromatic rings. The molecule has 0 saturated carbocycles. The molecular weight excluding hydrogens is 311 g/mol. The van der Waals surface area contributed by atoms with Crippen LogP contribution in [0.3, 0.4) is 0 Å². The van der Waals surface area contributed by atoms with Crippen molar-refractivity contribution in [1.82, 2.24) is 0 Å². The molecule has 0 unspecified atom stereocenters. The van der Waals surface area contributed by atoms with E-state index in [1.165, 1.54) is 0 Å². The molecule has 0 atom stereocenters. The molecule has 100 valence electrons. The molecule has 0 aliphatic carbocycles. The Balaban J connectivity index is -0.000000276. The minimum absolute atomic E-state index is 0. The van der Waals surface area contributed by atoms with Gasteiger partial charge in [-0.2, -0.15) is 0 Å². The Labute approximate surface area is 127 Å². The molecule has 0 aliphatic rings. The van der Waals surface area contributed by atoms with Gasteiger partial charge in [0.1, 0.15) is 5.78 Å². The fraction of sp³-hybridized carbons (Fsp3) is 0.385. The Morgan fingerprint density at radius 2 is 1.50 bits per heavy atom. The van der Waals surface area contributed by atoms with Crippen molar-refractivity contribution < 1.29 is 46.0 Å². The second-order valence-electron chi connectivity index (χ2n) is 2.74. The number of aliphatic hydroxyl groups excluding tert-OH is 2. The first-order valence-electron chi connectivity index (χ1n) is 5.32. The van der Waals surface area contributed by atoms with E-state index < -0.39 is 0 Å². The van der Waals surface area contributed by atoms with Gasteiger partial charge in [0.25, 0.3) is 0 Å². The topological polar surface area (TPSA) is 74.6 Å². The molecule has 0 amide bonds. The number of rotatable bonds is 3. The zero-order chi connectivity index (χ0) is 13.5. The summed E-state index contributed by atoms with van der Waals surface area (Å²) in [5.41, 5.74) is 0.566. The molecule has 0 heterocycles. The molecule has 0 spiro atoms. The van der Waals surface area contributed by atoms with Crippen molar-refractivity contribution >= 4 is 12.1 Å². The van der Waals surface area contributed by atoms with Gasteiger partial charge < -0.3 is 15.0 Å². The second kappa shape index (κ2) is 18.7. The monoisotopic (exact) mass is 329 g/mol. The summed E-state index contributed by atoms with van der Waals surface area (Å²) in [6.45, 7) is 3.86. The van der Waals surface area contributed by atoms with Crippen LogP contribution in [0.15, 0.2) is 30.3 Å². The molecule has 0 bridgehead atoms. The van der Waals surface area contributed by atoms with Crippen LogP contribution in [0.5, 0.6) is 0 Å². The second-order valence-corrected chi connectivity index (χ2v) is 2.74. The standard InChI is InChI=1S/C9H7O2.2C2H6O.Zr/c10-7-6-9(11)8-4-2-1-3-5-8;2*1-2-3;/h1-5H,6H2;2*3H,2H2,1H3;/q-1;;;. The summed E-state index contributed by atoms with van der Waals surface area (Å²) >= 11 is 0. The summed E-state index contributed by atoms with van der Waals surface area (Å²) in [4.78, 5) is 20.8. The molecule has 0 saturated heterocycles. The van der Waals surface area contributed by atoms with Gasteiger partial charge in [0.15, 0.2) is 0 Å². The van der Waals surface area contributed by atoms with Crippen molar-refractivity contribution in [1.29, 1.82) is 0 Å². The first-order valence-corrected chi connectivity index (χ1v) is 5.32. The first-order chi connectivity index (χ1) is 8.17. The Hall–Kier alpha value is -0.637. The van der Waals surface area contributed by atoms with Gasteiger partial charge >= 0.3 is 0 Å². The quantitative estimate of drug-likeness (QED) is 0.499. The van der Waals surface area contributed by atoms with Crippen LogP contribution >= 0.6 is 0 Å². The third-order valence-corrected chi connectivity index (χ3v) is 1.33. The Bertz CT molecular complexity index is 286. The van der Waals surface area contributed by atoms with E-state index in [1.807, 2.05) is 6.07 Å². The number of aliphatic hydroxyl groups is 2. The van der Waals surface area contributed by atoms with Crippen LogP contribution in [0.4, 0.5) is 0 Å². The van der Waals surface area contributed by atoms with E-state index >= 15 is 0 Å². The summed E-state index contributed by atoms with van der Waals surface area (Å²) in [5.74, 6) is -0.180. The molecule has 5 heteroatoms. The van der Waals surface area contributed by atoms with Gasteiger partial charge in [-0.15, -0.1) is 0 Å². The van der Waals surface area contributed by atoms with Crippen LogP contribution in [0.25, 0.3) is 0 Å². The summed E-state index contributed by atoms with van der Waals surface area (Å²) in [6.07, 6.45) is 1.42. The SMILES string of the molecule is CCO.CCO.O=[C-]CC(=O)c1ccccc1.[Zr]. The van der Waals surface area contributed by atoms with Crippen molar-refractivity contribution in [3.63, 3.8) is 0 Å². The van der Waals surface area contributed by atoms with Crippen LogP contribution in [0, 0.1) is 0 Å². The van der Waals surface area contributed by atoms with Gasteiger partial charge in [0, 0.05) is 45.0 Å². The molecule has 0 aliphatic heterocycles. The predicted molar refractivity (Wildman–Crippen MR) is 66.6 cm³/mol. The number of hydrogen-bond donors (Lipinski definition) is 2. The molecule has 1 rings (SSSR count). The zero-order valence-corrected chi connectivity index (χ0v) is 13.2.